The lowest BCUT2D eigenvalue weighted by Gasteiger charge is -2.22. The fourth-order valence-electron chi connectivity index (χ4n) is 4.53. The molecule has 0 atom stereocenters. The number of aryl methyl sites for hydroxylation is 12. The van der Waals surface area contributed by atoms with Crippen LogP contribution in [0.15, 0.2) is 97.8 Å². The summed E-state index contributed by atoms with van der Waals surface area (Å²) in [6.45, 7) is 28.5. The minimum atomic E-state index is 0.829. The maximum absolute atomic E-state index is 4.08. The molecule has 0 amide bonds. The lowest BCUT2D eigenvalue weighted by Crippen LogP contribution is -2.08. The molecule has 0 unspecified atom stereocenters. The Morgan fingerprint density at radius 2 is 0.554 bits per heavy atom. The van der Waals surface area contributed by atoms with Crippen LogP contribution in [0, 0.1) is 94.9 Å². The summed E-state index contributed by atoms with van der Waals surface area (Å²) in [7, 11) is 0. The Kier molecular flexibility index (Phi) is 24.6. The highest BCUT2D eigenvalue weighted by Gasteiger charge is 2.13. The summed E-state index contributed by atoms with van der Waals surface area (Å²) in [4.78, 5) is 24.0. The number of hydrogen-bond acceptors (Lipinski definition) is 8. The van der Waals surface area contributed by atoms with Gasteiger partial charge in [-0.15, -0.1) is 0 Å². The highest BCUT2D eigenvalue weighted by atomic mass is 15.1. The first-order valence-corrected chi connectivity index (χ1v) is 19.6. The van der Waals surface area contributed by atoms with E-state index in [0.717, 1.165) is 57.4 Å². The van der Waals surface area contributed by atoms with Gasteiger partial charge in [0.2, 0.25) is 0 Å². The molecule has 6 aromatic rings. The van der Waals surface area contributed by atoms with Gasteiger partial charge in [-0.2, -0.15) is 10.2 Å². The molecule has 1 aliphatic rings. The molecule has 7 rings (SSSR count). The summed E-state index contributed by atoms with van der Waals surface area (Å²) >= 11 is 0. The van der Waals surface area contributed by atoms with Crippen molar-refractivity contribution in [1.82, 2.24) is 40.1 Å². The van der Waals surface area contributed by atoms with E-state index in [0.29, 0.717) is 0 Å². The van der Waals surface area contributed by atoms with Crippen LogP contribution in [0.25, 0.3) is 0 Å². The standard InChI is InChI=1S/C8H16.C8H10.2C7H9N.3C6H8N2/c2*1-7-3-5-8(2)6-4-7;2*1-6-3-4-7(2)8-5-6;2*1-5-3-7-6(2)8-4-5;1-5-3-4-6(2)8-7-5/h7-8H,3-6H2,1-2H3;3-6H,1-2H3;2*3-5H,1-2H3;3*3-4H,1-2H3. The maximum Gasteiger partial charge on any atom is 0.125 e. The maximum atomic E-state index is 4.08. The third-order valence-electron chi connectivity index (χ3n) is 8.39. The minimum absolute atomic E-state index is 0.829. The Morgan fingerprint density at radius 3 is 0.768 bits per heavy atom. The van der Waals surface area contributed by atoms with E-state index in [1.165, 1.54) is 47.9 Å². The van der Waals surface area contributed by atoms with Crippen LogP contribution < -0.4 is 0 Å². The Morgan fingerprint density at radius 1 is 0.304 bits per heavy atom. The predicted molar refractivity (Wildman–Crippen MR) is 235 cm³/mol. The van der Waals surface area contributed by atoms with Gasteiger partial charge in [0.1, 0.15) is 11.6 Å². The lowest BCUT2D eigenvalue weighted by atomic mass is 9.84. The second-order valence-electron chi connectivity index (χ2n) is 14.9. The van der Waals surface area contributed by atoms with Gasteiger partial charge < -0.3 is 0 Å². The van der Waals surface area contributed by atoms with Crippen molar-refractivity contribution >= 4 is 0 Å². The van der Waals surface area contributed by atoms with E-state index in [9.17, 15) is 0 Å². The highest BCUT2D eigenvalue weighted by molar-refractivity contribution is 5.19. The average molecular weight is 757 g/mol. The zero-order valence-electron chi connectivity index (χ0n) is 36.8. The fraction of sp³-hybridized carbons (Fsp3) is 0.417. The van der Waals surface area contributed by atoms with Crippen molar-refractivity contribution in [3.05, 3.63) is 166 Å². The summed E-state index contributed by atoms with van der Waals surface area (Å²) in [5.41, 5.74) is 11.4. The molecule has 300 valence electrons. The molecule has 1 saturated carbocycles. The molecule has 5 heterocycles. The quantitative estimate of drug-likeness (QED) is 0.151. The Balaban J connectivity index is 0.000000327. The summed E-state index contributed by atoms with van der Waals surface area (Å²) in [6.07, 6.45) is 16.9. The third kappa shape index (κ3) is 26.5. The summed E-state index contributed by atoms with van der Waals surface area (Å²) in [5, 5.41) is 7.66. The van der Waals surface area contributed by atoms with Crippen LogP contribution >= 0.6 is 0 Å². The van der Waals surface area contributed by atoms with E-state index in [1.807, 2.05) is 131 Å². The van der Waals surface area contributed by atoms with Crippen LogP contribution in [0.5, 0.6) is 0 Å². The van der Waals surface area contributed by atoms with Crippen molar-refractivity contribution in [3.63, 3.8) is 0 Å². The molecule has 8 heteroatoms. The van der Waals surface area contributed by atoms with Gasteiger partial charge in [-0.3, -0.25) is 9.97 Å². The fourth-order valence-corrected chi connectivity index (χ4v) is 4.53. The van der Waals surface area contributed by atoms with Crippen LogP contribution in [0.2, 0.25) is 0 Å². The number of nitrogens with zero attached hydrogens (tertiary/aromatic N) is 8. The monoisotopic (exact) mass is 757 g/mol. The summed E-state index contributed by atoms with van der Waals surface area (Å²) in [6, 6.07) is 20.5. The normalized spacial score (nSPS) is 13.6. The van der Waals surface area contributed by atoms with Gasteiger partial charge in [0.15, 0.2) is 0 Å². The smallest absolute Gasteiger partial charge is 0.125 e. The molecular weight excluding hydrogens is 689 g/mol. The highest BCUT2D eigenvalue weighted by Crippen LogP contribution is 2.27. The molecule has 0 spiro atoms. The number of hydrogen-bond donors (Lipinski definition) is 0. The molecule has 1 fully saturated rings. The molecule has 0 bridgehead atoms. The van der Waals surface area contributed by atoms with E-state index >= 15 is 0 Å². The molecule has 0 radical (unpaired) electrons. The zero-order chi connectivity index (χ0) is 41.9. The Bertz CT molecular complexity index is 1360. The Labute approximate surface area is 339 Å². The molecule has 1 aliphatic carbocycles. The predicted octanol–water partition coefficient (Wildman–Crippen LogP) is 11.8. The molecule has 0 aliphatic heterocycles. The van der Waals surface area contributed by atoms with Gasteiger partial charge in [0.25, 0.3) is 0 Å². The molecule has 5 aromatic heterocycles. The molecule has 0 saturated heterocycles. The number of aromatic nitrogens is 8. The molecule has 1 aromatic carbocycles. The van der Waals surface area contributed by atoms with Crippen molar-refractivity contribution < 1.29 is 0 Å². The van der Waals surface area contributed by atoms with Crippen molar-refractivity contribution in [2.75, 3.05) is 0 Å². The first kappa shape index (κ1) is 48.8. The third-order valence-corrected chi connectivity index (χ3v) is 8.39. The molecule has 56 heavy (non-hydrogen) atoms. The van der Waals surface area contributed by atoms with E-state index in [1.54, 1.807) is 0 Å². The van der Waals surface area contributed by atoms with Crippen molar-refractivity contribution in [3.8, 4) is 0 Å². The van der Waals surface area contributed by atoms with Crippen molar-refractivity contribution in [2.24, 2.45) is 11.8 Å². The van der Waals surface area contributed by atoms with Gasteiger partial charge in [-0.1, -0.05) is 87.1 Å². The van der Waals surface area contributed by atoms with E-state index in [2.05, 4.69) is 104 Å². The van der Waals surface area contributed by atoms with Crippen molar-refractivity contribution in [1.29, 1.82) is 0 Å². The molecule has 0 N–H and O–H groups in total. The number of pyridine rings is 2. The number of benzene rings is 1. The van der Waals surface area contributed by atoms with Gasteiger partial charge in [-0.25, -0.2) is 19.9 Å². The first-order chi connectivity index (χ1) is 26.5. The van der Waals surface area contributed by atoms with E-state index < -0.39 is 0 Å². The second kappa shape index (κ2) is 28.2. The zero-order valence-corrected chi connectivity index (χ0v) is 36.8. The summed E-state index contributed by atoms with van der Waals surface area (Å²) < 4.78 is 0. The van der Waals surface area contributed by atoms with Crippen LogP contribution in [0.4, 0.5) is 0 Å². The largest absolute Gasteiger partial charge is 0.261 e. The van der Waals surface area contributed by atoms with E-state index in [-0.39, 0.29) is 0 Å². The molecule has 8 nitrogen and oxygen atoms in total. The molecular formula is C48H68N8. The van der Waals surface area contributed by atoms with Gasteiger partial charge in [-0.05, 0) is 141 Å². The van der Waals surface area contributed by atoms with Gasteiger partial charge in [0.05, 0.1) is 11.4 Å². The van der Waals surface area contributed by atoms with Crippen molar-refractivity contribution in [2.45, 2.75) is 123 Å². The van der Waals surface area contributed by atoms with Gasteiger partial charge in [0, 0.05) is 48.6 Å². The summed E-state index contributed by atoms with van der Waals surface area (Å²) in [5.74, 6) is 3.70. The topological polar surface area (TPSA) is 103 Å². The minimum Gasteiger partial charge on any atom is -0.261 e. The van der Waals surface area contributed by atoms with E-state index in [4.69, 9.17) is 0 Å². The van der Waals surface area contributed by atoms with Gasteiger partial charge >= 0.3 is 0 Å². The average Bonchev–Trinajstić information content (AvgIpc) is 3.18. The van der Waals surface area contributed by atoms with Crippen LogP contribution in [0.1, 0.15) is 107 Å². The Hall–Kier alpha value is -5.24. The second-order valence-corrected chi connectivity index (χ2v) is 14.9. The van der Waals surface area contributed by atoms with Crippen LogP contribution in [-0.4, -0.2) is 40.1 Å². The lowest BCUT2D eigenvalue weighted by molar-refractivity contribution is 0.308. The number of rotatable bonds is 0. The first-order valence-electron chi connectivity index (χ1n) is 19.6. The SMILES string of the molecule is CC1CCC(C)CC1.Cc1ccc(C)cc1.Cc1ccc(C)nc1.Cc1ccc(C)nc1.Cc1ccc(C)nn1.Cc1cnc(C)nc1.Cc1cnc(C)nc1. The van der Waals surface area contributed by atoms with Crippen LogP contribution in [0.3, 0.4) is 0 Å². The van der Waals surface area contributed by atoms with Crippen LogP contribution in [-0.2, 0) is 0 Å².